The molecule has 22 heavy (non-hydrogen) atoms. The van der Waals surface area contributed by atoms with Crippen molar-refractivity contribution in [3.8, 4) is 0 Å². The lowest BCUT2D eigenvalue weighted by atomic mass is 9.78. The van der Waals surface area contributed by atoms with Crippen molar-refractivity contribution in [1.82, 2.24) is 10.2 Å². The summed E-state index contributed by atoms with van der Waals surface area (Å²) in [4.78, 5) is 25.3. The molecule has 1 spiro atoms. The average Bonchev–Trinajstić information content (AvgIpc) is 2.52. The lowest BCUT2D eigenvalue weighted by Gasteiger charge is -2.43. The average molecular weight is 308 g/mol. The Labute approximate surface area is 133 Å². The standard InChI is InChI=1S/C17H28N2O3/c1-3-16(21)19(4-2)13-15(20)18-14-8-11-22-17(12-14)9-6-5-7-10-17/h3,14H,1,4-13H2,2H3,(H,18,20). The highest BCUT2D eigenvalue weighted by molar-refractivity contribution is 5.90. The van der Waals surface area contributed by atoms with Crippen molar-refractivity contribution in [3.05, 3.63) is 12.7 Å². The van der Waals surface area contributed by atoms with E-state index in [1.165, 1.54) is 30.2 Å². The van der Waals surface area contributed by atoms with E-state index in [0.717, 1.165) is 25.7 Å². The van der Waals surface area contributed by atoms with Gasteiger partial charge >= 0.3 is 0 Å². The van der Waals surface area contributed by atoms with Gasteiger partial charge in [-0.25, -0.2) is 0 Å². The Bertz CT molecular complexity index is 411. The first-order chi connectivity index (χ1) is 10.6. The fraction of sp³-hybridized carbons (Fsp3) is 0.765. The Balaban J connectivity index is 1.85. The maximum absolute atomic E-state index is 12.2. The molecule has 1 unspecified atom stereocenters. The Hall–Kier alpha value is -1.36. The maximum atomic E-state index is 12.2. The maximum Gasteiger partial charge on any atom is 0.246 e. The molecule has 5 heteroatoms. The molecule has 0 bridgehead atoms. The summed E-state index contributed by atoms with van der Waals surface area (Å²) in [7, 11) is 0. The topological polar surface area (TPSA) is 58.6 Å². The molecule has 1 aliphatic carbocycles. The first-order valence-corrected chi connectivity index (χ1v) is 8.43. The van der Waals surface area contributed by atoms with Crippen LogP contribution < -0.4 is 5.32 Å². The summed E-state index contributed by atoms with van der Waals surface area (Å²) in [6.45, 7) is 6.66. The molecule has 124 valence electrons. The lowest BCUT2D eigenvalue weighted by Crippen LogP contribution is -2.51. The molecule has 0 radical (unpaired) electrons. The fourth-order valence-electron chi connectivity index (χ4n) is 3.62. The van der Waals surface area contributed by atoms with Crippen LogP contribution in [0.1, 0.15) is 51.9 Å². The summed E-state index contributed by atoms with van der Waals surface area (Å²) < 4.78 is 6.05. The van der Waals surface area contributed by atoms with Crippen molar-refractivity contribution in [2.45, 2.75) is 63.5 Å². The minimum Gasteiger partial charge on any atom is -0.375 e. The molecule has 1 heterocycles. The van der Waals surface area contributed by atoms with Gasteiger partial charge in [-0.3, -0.25) is 9.59 Å². The second kappa shape index (κ2) is 7.77. The summed E-state index contributed by atoms with van der Waals surface area (Å²) in [5, 5.41) is 3.09. The molecule has 0 aromatic heterocycles. The van der Waals surface area contributed by atoms with Crippen molar-refractivity contribution in [1.29, 1.82) is 0 Å². The highest BCUT2D eigenvalue weighted by atomic mass is 16.5. The minimum absolute atomic E-state index is 0.0180. The van der Waals surface area contributed by atoms with Crippen LogP contribution in [0.15, 0.2) is 12.7 Å². The Morgan fingerprint density at radius 1 is 1.36 bits per heavy atom. The monoisotopic (exact) mass is 308 g/mol. The third kappa shape index (κ3) is 4.32. The third-order valence-corrected chi connectivity index (χ3v) is 4.83. The molecular weight excluding hydrogens is 280 g/mol. The number of likely N-dealkylation sites (N-methyl/N-ethyl adjacent to an activating group) is 1. The van der Waals surface area contributed by atoms with Crippen LogP contribution in [-0.2, 0) is 14.3 Å². The number of ether oxygens (including phenoxy) is 1. The van der Waals surface area contributed by atoms with Gasteiger partial charge in [0.05, 0.1) is 12.1 Å². The first kappa shape index (κ1) is 17.0. The molecule has 1 atom stereocenters. The molecule has 0 aromatic carbocycles. The second-order valence-corrected chi connectivity index (χ2v) is 6.41. The lowest BCUT2D eigenvalue weighted by molar-refractivity contribution is -0.135. The van der Waals surface area contributed by atoms with Crippen molar-refractivity contribution < 1.29 is 14.3 Å². The van der Waals surface area contributed by atoms with Crippen molar-refractivity contribution in [3.63, 3.8) is 0 Å². The predicted octanol–water partition coefficient (Wildman–Crippen LogP) is 2.02. The van der Waals surface area contributed by atoms with Crippen LogP contribution in [0.25, 0.3) is 0 Å². The van der Waals surface area contributed by atoms with E-state index in [-0.39, 0.29) is 30.0 Å². The van der Waals surface area contributed by atoms with E-state index in [9.17, 15) is 9.59 Å². The number of nitrogens with one attached hydrogen (secondary N) is 1. The molecule has 2 fully saturated rings. The van der Waals surface area contributed by atoms with Gasteiger partial charge in [-0.1, -0.05) is 25.8 Å². The van der Waals surface area contributed by atoms with E-state index in [2.05, 4.69) is 11.9 Å². The van der Waals surface area contributed by atoms with E-state index in [1.54, 1.807) is 0 Å². The quantitative estimate of drug-likeness (QED) is 0.791. The van der Waals surface area contributed by atoms with Crippen molar-refractivity contribution in [2.75, 3.05) is 19.7 Å². The van der Waals surface area contributed by atoms with Gasteiger partial charge in [-0.2, -0.15) is 0 Å². The number of carbonyl (C=O) groups excluding carboxylic acids is 2. The highest BCUT2D eigenvalue weighted by Gasteiger charge is 2.38. The normalized spacial score (nSPS) is 23.8. The number of hydrogen-bond donors (Lipinski definition) is 1. The predicted molar refractivity (Wildman–Crippen MR) is 85.4 cm³/mol. The van der Waals surface area contributed by atoms with Crippen LogP contribution in [0.4, 0.5) is 0 Å². The highest BCUT2D eigenvalue weighted by Crippen LogP contribution is 2.38. The molecule has 2 amide bonds. The van der Waals surface area contributed by atoms with Crippen LogP contribution in [0, 0.1) is 0 Å². The van der Waals surface area contributed by atoms with Crippen molar-refractivity contribution >= 4 is 11.8 Å². The Morgan fingerprint density at radius 2 is 2.09 bits per heavy atom. The molecule has 1 saturated heterocycles. The largest absolute Gasteiger partial charge is 0.375 e. The smallest absolute Gasteiger partial charge is 0.246 e. The molecule has 2 aliphatic rings. The van der Waals surface area contributed by atoms with Gasteiger partial charge in [0.2, 0.25) is 11.8 Å². The van der Waals surface area contributed by atoms with Crippen LogP contribution in [-0.4, -0.2) is 48.1 Å². The fourth-order valence-corrected chi connectivity index (χ4v) is 3.62. The van der Waals surface area contributed by atoms with E-state index < -0.39 is 0 Å². The van der Waals surface area contributed by atoms with Gasteiger partial charge in [-0.15, -0.1) is 0 Å². The molecule has 2 rings (SSSR count). The second-order valence-electron chi connectivity index (χ2n) is 6.41. The van der Waals surface area contributed by atoms with Crippen LogP contribution >= 0.6 is 0 Å². The number of nitrogens with zero attached hydrogens (tertiary/aromatic N) is 1. The van der Waals surface area contributed by atoms with Crippen LogP contribution in [0.3, 0.4) is 0 Å². The zero-order valence-electron chi connectivity index (χ0n) is 13.6. The summed E-state index contributed by atoms with van der Waals surface area (Å²) in [5.74, 6) is -0.289. The number of rotatable bonds is 5. The SMILES string of the molecule is C=CC(=O)N(CC)CC(=O)NC1CCOC2(CCCCC2)C1. The van der Waals surface area contributed by atoms with E-state index in [4.69, 9.17) is 4.74 Å². The van der Waals surface area contributed by atoms with Gasteiger partial charge in [0.1, 0.15) is 0 Å². The molecule has 0 aromatic rings. The zero-order valence-corrected chi connectivity index (χ0v) is 13.6. The minimum atomic E-state index is -0.201. The Kier molecular flexibility index (Phi) is 6.00. The third-order valence-electron chi connectivity index (χ3n) is 4.83. The van der Waals surface area contributed by atoms with Gasteiger partial charge in [0, 0.05) is 19.2 Å². The Morgan fingerprint density at radius 3 is 2.73 bits per heavy atom. The van der Waals surface area contributed by atoms with Crippen LogP contribution in [0.2, 0.25) is 0 Å². The number of amides is 2. The zero-order chi connectivity index (χ0) is 16.0. The van der Waals surface area contributed by atoms with E-state index >= 15 is 0 Å². The van der Waals surface area contributed by atoms with Gasteiger partial charge < -0.3 is 15.0 Å². The van der Waals surface area contributed by atoms with Gasteiger partial charge in [0.25, 0.3) is 0 Å². The van der Waals surface area contributed by atoms with Gasteiger partial charge in [-0.05, 0) is 38.7 Å². The van der Waals surface area contributed by atoms with Crippen LogP contribution in [0.5, 0.6) is 0 Å². The summed E-state index contributed by atoms with van der Waals surface area (Å²) in [5.41, 5.74) is -0.0180. The first-order valence-electron chi connectivity index (χ1n) is 8.43. The molecule has 1 N–H and O–H groups in total. The summed E-state index contributed by atoms with van der Waals surface area (Å²) in [6.07, 6.45) is 8.95. The van der Waals surface area contributed by atoms with Gasteiger partial charge in [0.15, 0.2) is 0 Å². The van der Waals surface area contributed by atoms with E-state index in [1.807, 2.05) is 6.92 Å². The molecule has 5 nitrogen and oxygen atoms in total. The van der Waals surface area contributed by atoms with Crippen molar-refractivity contribution in [2.24, 2.45) is 0 Å². The number of carbonyl (C=O) groups is 2. The summed E-state index contributed by atoms with van der Waals surface area (Å²) in [6, 6.07) is 0.164. The summed E-state index contributed by atoms with van der Waals surface area (Å²) >= 11 is 0. The number of hydrogen-bond acceptors (Lipinski definition) is 3. The molecule has 1 saturated carbocycles. The molecule has 1 aliphatic heterocycles. The van der Waals surface area contributed by atoms with E-state index in [0.29, 0.717) is 13.2 Å². The molecular formula is C17H28N2O3.